The van der Waals surface area contributed by atoms with Gasteiger partial charge in [0.05, 0.1) is 18.8 Å². The predicted octanol–water partition coefficient (Wildman–Crippen LogP) is 7.07. The topological polar surface area (TPSA) is 35.5 Å². The zero-order chi connectivity index (χ0) is 20.9. The lowest BCUT2D eigenvalue weighted by Gasteiger charge is -2.10. The van der Waals surface area contributed by atoms with Crippen LogP contribution in [0.1, 0.15) is 62.7 Å². The van der Waals surface area contributed by atoms with E-state index in [-0.39, 0.29) is 5.97 Å². The van der Waals surface area contributed by atoms with Crippen LogP contribution in [0, 0.1) is 5.92 Å². The Kier molecular flexibility index (Phi) is 10.1. The second-order valence-electron chi connectivity index (χ2n) is 7.55. The molecule has 2 aromatic rings. The first-order valence-electron chi connectivity index (χ1n) is 10.7. The van der Waals surface area contributed by atoms with Gasteiger partial charge in [0.25, 0.3) is 0 Å². The van der Waals surface area contributed by atoms with Gasteiger partial charge in [-0.3, -0.25) is 0 Å². The van der Waals surface area contributed by atoms with Gasteiger partial charge in [-0.25, -0.2) is 4.79 Å². The molecule has 2 rings (SSSR count). The molecule has 2 aromatic carbocycles. The molecule has 0 bridgehead atoms. The van der Waals surface area contributed by atoms with E-state index in [1.54, 1.807) is 0 Å². The number of hydrogen-bond acceptors (Lipinski definition) is 3. The maximum absolute atomic E-state index is 12.1. The van der Waals surface area contributed by atoms with Gasteiger partial charge in [-0.2, -0.15) is 0 Å². The fourth-order valence-corrected chi connectivity index (χ4v) is 2.90. The van der Waals surface area contributed by atoms with Gasteiger partial charge in [0, 0.05) is 0 Å². The van der Waals surface area contributed by atoms with Gasteiger partial charge < -0.3 is 9.47 Å². The summed E-state index contributed by atoms with van der Waals surface area (Å²) in [6.45, 7) is 9.13. The van der Waals surface area contributed by atoms with E-state index in [0.717, 1.165) is 42.7 Å². The normalized spacial score (nSPS) is 11.7. The van der Waals surface area contributed by atoms with Gasteiger partial charge in [0.2, 0.25) is 0 Å². The number of esters is 1. The maximum atomic E-state index is 12.1. The van der Waals surface area contributed by atoms with Crippen LogP contribution in [-0.4, -0.2) is 19.2 Å². The SMILES string of the molecule is C=CCCCCCCOc1ccc(-c2ccc(C(=O)OCC(C)CC)cc2)cc1. The highest BCUT2D eigenvalue weighted by Crippen LogP contribution is 2.23. The summed E-state index contributed by atoms with van der Waals surface area (Å²) < 4.78 is 11.2. The first-order chi connectivity index (χ1) is 14.1. The molecule has 3 nitrogen and oxygen atoms in total. The van der Waals surface area contributed by atoms with Gasteiger partial charge in [0.1, 0.15) is 5.75 Å². The molecule has 0 fully saturated rings. The summed E-state index contributed by atoms with van der Waals surface area (Å²) in [5, 5.41) is 0. The number of hydrogen-bond donors (Lipinski definition) is 0. The van der Waals surface area contributed by atoms with Crippen LogP contribution >= 0.6 is 0 Å². The highest BCUT2D eigenvalue weighted by atomic mass is 16.5. The number of carbonyl (C=O) groups excluding carboxylic acids is 1. The molecule has 0 radical (unpaired) electrons. The van der Waals surface area contributed by atoms with E-state index in [9.17, 15) is 4.79 Å². The molecule has 29 heavy (non-hydrogen) atoms. The van der Waals surface area contributed by atoms with E-state index in [0.29, 0.717) is 18.1 Å². The average Bonchev–Trinajstić information content (AvgIpc) is 2.77. The minimum Gasteiger partial charge on any atom is -0.494 e. The molecule has 156 valence electrons. The Hall–Kier alpha value is -2.55. The third-order valence-electron chi connectivity index (χ3n) is 5.08. The van der Waals surface area contributed by atoms with Crippen LogP contribution < -0.4 is 4.74 Å². The molecule has 1 unspecified atom stereocenters. The highest BCUT2D eigenvalue weighted by molar-refractivity contribution is 5.90. The molecule has 0 heterocycles. The Morgan fingerprint density at radius 2 is 1.59 bits per heavy atom. The molecule has 0 N–H and O–H groups in total. The summed E-state index contributed by atoms with van der Waals surface area (Å²) in [6.07, 6.45) is 8.79. The number of benzene rings is 2. The van der Waals surface area contributed by atoms with Crippen LogP contribution in [0.2, 0.25) is 0 Å². The molecule has 0 amide bonds. The van der Waals surface area contributed by atoms with E-state index in [1.165, 1.54) is 19.3 Å². The molecular formula is C26H34O3. The minimum absolute atomic E-state index is 0.259. The van der Waals surface area contributed by atoms with Gasteiger partial charge in [0.15, 0.2) is 0 Å². The van der Waals surface area contributed by atoms with Gasteiger partial charge in [-0.05, 0) is 60.6 Å². The molecule has 0 aliphatic carbocycles. The summed E-state index contributed by atoms with van der Waals surface area (Å²) >= 11 is 0. The molecule has 0 aliphatic rings. The van der Waals surface area contributed by atoms with Gasteiger partial charge in [-0.1, -0.05) is 63.5 Å². The molecule has 0 saturated carbocycles. The largest absolute Gasteiger partial charge is 0.494 e. The van der Waals surface area contributed by atoms with Crippen LogP contribution in [0.25, 0.3) is 11.1 Å². The fourth-order valence-electron chi connectivity index (χ4n) is 2.90. The Morgan fingerprint density at radius 3 is 2.21 bits per heavy atom. The Bertz CT molecular complexity index is 732. The maximum Gasteiger partial charge on any atom is 0.338 e. The van der Waals surface area contributed by atoms with Crippen molar-refractivity contribution >= 4 is 5.97 Å². The van der Waals surface area contributed by atoms with Crippen molar-refractivity contribution in [1.82, 2.24) is 0 Å². The van der Waals surface area contributed by atoms with Gasteiger partial charge in [-0.15, -0.1) is 6.58 Å². The molecular weight excluding hydrogens is 360 g/mol. The molecule has 0 saturated heterocycles. The Labute approximate surface area is 175 Å². The van der Waals surface area contributed by atoms with Crippen LogP contribution in [0.4, 0.5) is 0 Å². The monoisotopic (exact) mass is 394 g/mol. The summed E-state index contributed by atoms with van der Waals surface area (Å²) in [6, 6.07) is 15.7. The van der Waals surface area contributed by atoms with Crippen molar-refractivity contribution in [2.24, 2.45) is 5.92 Å². The molecule has 3 heteroatoms. The molecule has 0 spiro atoms. The summed E-state index contributed by atoms with van der Waals surface area (Å²) in [7, 11) is 0. The lowest BCUT2D eigenvalue weighted by Crippen LogP contribution is -2.11. The van der Waals surface area contributed by atoms with Crippen molar-refractivity contribution < 1.29 is 14.3 Å². The van der Waals surface area contributed by atoms with E-state index < -0.39 is 0 Å². The first kappa shape index (κ1) is 22.7. The molecule has 0 aromatic heterocycles. The fraction of sp³-hybridized carbons (Fsp3) is 0.423. The summed E-state index contributed by atoms with van der Waals surface area (Å²) in [4.78, 5) is 12.1. The lowest BCUT2D eigenvalue weighted by atomic mass is 10.0. The predicted molar refractivity (Wildman–Crippen MR) is 120 cm³/mol. The van der Waals surface area contributed by atoms with E-state index in [4.69, 9.17) is 9.47 Å². The number of rotatable bonds is 13. The third-order valence-corrected chi connectivity index (χ3v) is 5.08. The van der Waals surface area contributed by atoms with Crippen LogP contribution in [0.15, 0.2) is 61.2 Å². The van der Waals surface area contributed by atoms with Crippen molar-refractivity contribution in [3.8, 4) is 16.9 Å². The van der Waals surface area contributed by atoms with Crippen LogP contribution in [0.5, 0.6) is 5.75 Å². The Morgan fingerprint density at radius 1 is 0.966 bits per heavy atom. The lowest BCUT2D eigenvalue weighted by molar-refractivity contribution is 0.0447. The highest BCUT2D eigenvalue weighted by Gasteiger charge is 2.09. The number of ether oxygens (including phenoxy) is 2. The minimum atomic E-state index is -0.259. The molecule has 0 aliphatic heterocycles. The van der Waals surface area contributed by atoms with E-state index in [2.05, 4.69) is 32.6 Å². The van der Waals surface area contributed by atoms with Crippen molar-refractivity contribution in [2.45, 2.75) is 52.4 Å². The van der Waals surface area contributed by atoms with Crippen LogP contribution in [-0.2, 0) is 4.74 Å². The van der Waals surface area contributed by atoms with Crippen LogP contribution in [0.3, 0.4) is 0 Å². The number of carbonyl (C=O) groups is 1. The van der Waals surface area contributed by atoms with Crippen molar-refractivity contribution in [3.63, 3.8) is 0 Å². The summed E-state index contributed by atoms with van der Waals surface area (Å²) in [5.74, 6) is 1.02. The first-order valence-corrected chi connectivity index (χ1v) is 10.7. The van der Waals surface area contributed by atoms with Crippen molar-refractivity contribution in [2.75, 3.05) is 13.2 Å². The van der Waals surface area contributed by atoms with Crippen molar-refractivity contribution in [3.05, 3.63) is 66.7 Å². The average molecular weight is 395 g/mol. The molecule has 1 atom stereocenters. The smallest absolute Gasteiger partial charge is 0.338 e. The zero-order valence-corrected chi connectivity index (χ0v) is 17.9. The van der Waals surface area contributed by atoms with E-state index in [1.807, 2.05) is 42.5 Å². The third kappa shape index (κ3) is 8.15. The second-order valence-corrected chi connectivity index (χ2v) is 7.55. The number of unbranched alkanes of at least 4 members (excludes halogenated alkanes) is 4. The van der Waals surface area contributed by atoms with E-state index >= 15 is 0 Å². The summed E-state index contributed by atoms with van der Waals surface area (Å²) in [5.41, 5.74) is 2.75. The van der Waals surface area contributed by atoms with Gasteiger partial charge >= 0.3 is 5.97 Å². The quantitative estimate of drug-likeness (QED) is 0.207. The second kappa shape index (κ2) is 12.8. The van der Waals surface area contributed by atoms with Crippen molar-refractivity contribution in [1.29, 1.82) is 0 Å². The Balaban J connectivity index is 1.80. The zero-order valence-electron chi connectivity index (χ0n) is 17.9. The standard InChI is InChI=1S/C26H34O3/c1-4-6-7-8-9-10-19-28-25-17-15-23(16-18-25)22-11-13-24(14-12-22)26(27)29-20-21(3)5-2/h4,11-18,21H,1,5-10,19-20H2,2-3H3. The number of allylic oxidation sites excluding steroid dienone is 1.